The smallest absolute Gasteiger partial charge is 0.378 e. The molecule has 1 aliphatic heterocycles. The van der Waals surface area contributed by atoms with Crippen LogP contribution in [0.4, 0.5) is 18.3 Å². The Morgan fingerprint density at radius 1 is 1.25 bits per heavy atom. The fourth-order valence-corrected chi connectivity index (χ4v) is 3.74. The minimum atomic E-state index is -4.46. The average Bonchev–Trinajstić information content (AvgIpc) is 3.00. The average molecular weight is 364 g/mol. The highest BCUT2D eigenvalue weighted by Crippen LogP contribution is 2.35. The second-order valence-corrected chi connectivity index (χ2v) is 6.90. The zero-order valence-corrected chi connectivity index (χ0v) is 14.1. The molecule has 10 heteroatoms. The van der Waals surface area contributed by atoms with Crippen LogP contribution in [0, 0.1) is 5.92 Å². The van der Waals surface area contributed by atoms with Crippen molar-refractivity contribution in [1.29, 1.82) is 0 Å². The molecule has 0 atom stereocenters. The van der Waals surface area contributed by atoms with Crippen LogP contribution in [0.15, 0.2) is 0 Å². The van der Waals surface area contributed by atoms with E-state index < -0.39 is 11.2 Å². The van der Waals surface area contributed by atoms with Gasteiger partial charge in [0.1, 0.15) is 0 Å². The summed E-state index contributed by atoms with van der Waals surface area (Å²) in [6.07, 6.45) is -2.75. The van der Waals surface area contributed by atoms with Gasteiger partial charge in [-0.05, 0) is 19.8 Å². The number of carbonyl (C=O) groups is 1. The Morgan fingerprint density at radius 3 is 2.46 bits per heavy atom. The van der Waals surface area contributed by atoms with E-state index in [9.17, 15) is 18.0 Å². The second kappa shape index (κ2) is 6.83. The maximum absolute atomic E-state index is 12.6. The highest BCUT2D eigenvalue weighted by Gasteiger charge is 2.39. The van der Waals surface area contributed by atoms with Crippen molar-refractivity contribution in [2.45, 2.75) is 32.0 Å². The molecule has 1 saturated heterocycles. The van der Waals surface area contributed by atoms with Gasteiger partial charge in [-0.25, -0.2) is 0 Å². The lowest BCUT2D eigenvalue weighted by Gasteiger charge is -2.40. The molecule has 0 spiro atoms. The molecule has 2 heterocycles. The highest BCUT2D eigenvalue weighted by atomic mass is 32.1. The monoisotopic (exact) mass is 364 g/mol. The van der Waals surface area contributed by atoms with Crippen LogP contribution in [0.1, 0.15) is 24.8 Å². The molecule has 0 radical (unpaired) electrons. The molecule has 134 valence electrons. The Hall–Kier alpha value is -1.42. The van der Waals surface area contributed by atoms with Crippen molar-refractivity contribution in [2.24, 2.45) is 5.92 Å². The van der Waals surface area contributed by atoms with Gasteiger partial charge in [0.15, 0.2) is 0 Å². The summed E-state index contributed by atoms with van der Waals surface area (Å²) in [5.41, 5.74) is 0. The first-order valence-electron chi connectivity index (χ1n) is 7.94. The molecule has 0 N–H and O–H groups in total. The number of piperazine rings is 1. The predicted molar refractivity (Wildman–Crippen MR) is 81.8 cm³/mol. The van der Waals surface area contributed by atoms with Crippen molar-refractivity contribution < 1.29 is 22.7 Å². The number of anilines is 1. The van der Waals surface area contributed by atoms with Gasteiger partial charge in [-0.1, -0.05) is 11.3 Å². The van der Waals surface area contributed by atoms with E-state index in [-0.39, 0.29) is 23.1 Å². The lowest BCUT2D eigenvalue weighted by Crippen LogP contribution is -2.52. The molecule has 1 saturated carbocycles. The number of hydrogen-bond donors (Lipinski definition) is 0. The molecule has 1 aliphatic carbocycles. The largest absolute Gasteiger partial charge is 0.445 e. The molecule has 1 amide bonds. The fraction of sp³-hybridized carbons (Fsp3) is 0.786. The molecule has 0 unspecified atom stereocenters. The molecule has 1 aromatic heterocycles. The van der Waals surface area contributed by atoms with Crippen LogP contribution in [0.25, 0.3) is 0 Å². The Labute approximate surface area is 141 Å². The number of rotatable bonds is 4. The molecular weight excluding hydrogens is 345 g/mol. The molecule has 0 aromatic carbocycles. The van der Waals surface area contributed by atoms with Gasteiger partial charge in [-0.3, -0.25) is 4.79 Å². The van der Waals surface area contributed by atoms with Crippen LogP contribution in [0.3, 0.4) is 0 Å². The summed E-state index contributed by atoms with van der Waals surface area (Å²) in [5.74, 6) is 0.144. The molecule has 1 aromatic rings. The van der Waals surface area contributed by atoms with Crippen molar-refractivity contribution >= 4 is 22.4 Å². The van der Waals surface area contributed by atoms with Crippen LogP contribution < -0.4 is 4.90 Å². The normalized spacial score (nSPS) is 24.8. The maximum Gasteiger partial charge on any atom is 0.445 e. The van der Waals surface area contributed by atoms with Gasteiger partial charge in [0.05, 0.1) is 6.10 Å². The minimum absolute atomic E-state index is 0.0199. The van der Waals surface area contributed by atoms with Gasteiger partial charge in [0.25, 0.3) is 0 Å². The van der Waals surface area contributed by atoms with Gasteiger partial charge in [-0.15, -0.1) is 10.2 Å². The lowest BCUT2D eigenvalue weighted by atomic mass is 9.81. The van der Waals surface area contributed by atoms with Gasteiger partial charge in [0.2, 0.25) is 16.0 Å². The molecule has 24 heavy (non-hydrogen) atoms. The van der Waals surface area contributed by atoms with E-state index in [0.29, 0.717) is 44.1 Å². The summed E-state index contributed by atoms with van der Waals surface area (Å²) >= 11 is 0.542. The fourth-order valence-electron chi connectivity index (χ4n) is 2.97. The van der Waals surface area contributed by atoms with E-state index in [1.165, 1.54) is 0 Å². The number of halogens is 3. The van der Waals surface area contributed by atoms with Crippen molar-refractivity contribution in [3.8, 4) is 0 Å². The van der Waals surface area contributed by atoms with Crippen LogP contribution in [0.2, 0.25) is 0 Å². The number of aromatic nitrogens is 2. The summed E-state index contributed by atoms with van der Waals surface area (Å²) < 4.78 is 43.2. The SMILES string of the molecule is CCOC1CC(C(=O)N2CCN(c3nnc(C(F)(F)F)s3)CC2)C1. The van der Waals surface area contributed by atoms with Crippen molar-refractivity contribution in [3.63, 3.8) is 0 Å². The van der Waals surface area contributed by atoms with E-state index >= 15 is 0 Å². The first-order chi connectivity index (χ1) is 11.4. The van der Waals surface area contributed by atoms with Crippen LogP contribution in [-0.2, 0) is 15.7 Å². The number of carbonyl (C=O) groups excluding carboxylic acids is 1. The van der Waals surface area contributed by atoms with Crippen molar-refractivity contribution in [2.75, 3.05) is 37.7 Å². The Bertz CT molecular complexity index is 581. The Morgan fingerprint density at radius 2 is 1.92 bits per heavy atom. The third-order valence-electron chi connectivity index (χ3n) is 4.37. The Balaban J connectivity index is 1.49. The summed E-state index contributed by atoms with van der Waals surface area (Å²) in [5, 5.41) is 6.15. The number of hydrogen-bond acceptors (Lipinski definition) is 6. The second-order valence-electron chi connectivity index (χ2n) is 5.95. The lowest BCUT2D eigenvalue weighted by molar-refractivity contribution is -0.144. The summed E-state index contributed by atoms with van der Waals surface area (Å²) in [4.78, 5) is 15.9. The molecule has 0 bridgehead atoms. The van der Waals surface area contributed by atoms with Crippen LogP contribution >= 0.6 is 11.3 Å². The highest BCUT2D eigenvalue weighted by molar-refractivity contribution is 7.15. The standard InChI is InChI=1S/C14H19F3N4O2S/c1-2-23-10-7-9(8-10)11(22)20-3-5-21(6-4-20)13-19-18-12(24-13)14(15,16)17/h9-10H,2-8H2,1H3. The first kappa shape index (κ1) is 17.4. The molecule has 3 rings (SSSR count). The summed E-state index contributed by atoms with van der Waals surface area (Å²) in [6, 6.07) is 0. The number of amides is 1. The van der Waals surface area contributed by atoms with Crippen LogP contribution in [-0.4, -0.2) is 59.9 Å². The zero-order valence-electron chi connectivity index (χ0n) is 13.3. The van der Waals surface area contributed by atoms with E-state index in [1.54, 1.807) is 9.80 Å². The van der Waals surface area contributed by atoms with E-state index in [0.717, 1.165) is 12.8 Å². The third kappa shape index (κ3) is 3.64. The quantitative estimate of drug-likeness (QED) is 0.818. The number of alkyl halides is 3. The van der Waals surface area contributed by atoms with E-state index in [2.05, 4.69) is 10.2 Å². The van der Waals surface area contributed by atoms with Gasteiger partial charge in [0, 0.05) is 38.7 Å². The van der Waals surface area contributed by atoms with Gasteiger partial charge >= 0.3 is 6.18 Å². The Kier molecular flexibility index (Phi) is 4.95. The predicted octanol–water partition coefficient (Wildman–Crippen LogP) is 2.02. The van der Waals surface area contributed by atoms with Crippen molar-refractivity contribution in [1.82, 2.24) is 15.1 Å². The first-order valence-corrected chi connectivity index (χ1v) is 8.76. The van der Waals surface area contributed by atoms with E-state index in [4.69, 9.17) is 4.74 Å². The minimum Gasteiger partial charge on any atom is -0.378 e. The zero-order chi connectivity index (χ0) is 17.3. The van der Waals surface area contributed by atoms with Gasteiger partial charge < -0.3 is 14.5 Å². The third-order valence-corrected chi connectivity index (χ3v) is 5.39. The molecule has 6 nitrogen and oxygen atoms in total. The number of nitrogens with zero attached hydrogens (tertiary/aromatic N) is 4. The summed E-state index contributed by atoms with van der Waals surface area (Å²) in [7, 11) is 0. The van der Waals surface area contributed by atoms with Crippen molar-refractivity contribution in [3.05, 3.63) is 5.01 Å². The molecule has 2 fully saturated rings. The molecule has 2 aliphatic rings. The maximum atomic E-state index is 12.6. The molecular formula is C14H19F3N4O2S. The van der Waals surface area contributed by atoms with Crippen LogP contribution in [0.5, 0.6) is 0 Å². The number of ether oxygens (including phenoxy) is 1. The van der Waals surface area contributed by atoms with Gasteiger partial charge in [-0.2, -0.15) is 13.2 Å². The van der Waals surface area contributed by atoms with E-state index in [1.807, 2.05) is 6.92 Å². The topological polar surface area (TPSA) is 58.6 Å². The summed E-state index contributed by atoms with van der Waals surface area (Å²) in [6.45, 7) is 4.53.